The summed E-state index contributed by atoms with van der Waals surface area (Å²) in [7, 11) is 0. The second kappa shape index (κ2) is 12.9. The highest BCUT2D eigenvalue weighted by atomic mass is 16.3. The van der Waals surface area contributed by atoms with Gasteiger partial charge >= 0.3 is 0 Å². The van der Waals surface area contributed by atoms with Gasteiger partial charge < -0.3 is 18.2 Å². The molecule has 3 aromatic heterocycles. The van der Waals surface area contributed by atoms with Gasteiger partial charge in [-0.1, -0.05) is 121 Å². The van der Waals surface area contributed by atoms with Gasteiger partial charge in [0.2, 0.25) is 0 Å². The van der Waals surface area contributed by atoms with Crippen molar-refractivity contribution < 1.29 is 13.3 Å². The molecule has 0 fully saturated rings. The first-order chi connectivity index (χ1) is 28.7. The number of para-hydroxylation sites is 3. The van der Waals surface area contributed by atoms with Crippen LogP contribution in [0.2, 0.25) is 0 Å². The van der Waals surface area contributed by atoms with Crippen LogP contribution in [0.4, 0.5) is 17.1 Å². The summed E-state index contributed by atoms with van der Waals surface area (Å²) in [5.41, 5.74) is 15.3. The molecule has 4 heteroatoms. The first kappa shape index (κ1) is 32.4. The number of furan rings is 3. The molecule has 0 bridgehead atoms. The van der Waals surface area contributed by atoms with Crippen LogP contribution in [0.25, 0.3) is 99.2 Å². The van der Waals surface area contributed by atoms with Crippen molar-refractivity contribution in [2.45, 2.75) is 0 Å². The molecule has 0 spiro atoms. The number of fused-ring (bicyclic) bond motifs is 9. The maximum absolute atomic E-state index is 6.48. The standard InChI is InChI=1S/C54H33NO3/c1-2-9-36(10-3-1)42-13-8-14-45-47-32-38(22-29-53(47)58-54(42)45)35-19-25-40(26-20-35)55(41-27-30-52-48(33-41)44-12-5-7-16-50(44)57-52)39-23-17-34(18-24-39)37-21-28-51-46(31-37)43-11-4-6-15-49(43)56-51/h1-33H. The van der Waals surface area contributed by atoms with Crippen LogP contribution in [0.1, 0.15) is 0 Å². The molecule has 0 aliphatic heterocycles. The molecule has 0 aliphatic rings. The summed E-state index contributed by atoms with van der Waals surface area (Å²) in [6.45, 7) is 0. The van der Waals surface area contributed by atoms with Crippen molar-refractivity contribution in [1.82, 2.24) is 0 Å². The van der Waals surface area contributed by atoms with Crippen LogP contribution in [0.3, 0.4) is 0 Å². The van der Waals surface area contributed by atoms with E-state index in [2.05, 4.69) is 175 Å². The second-order valence-corrected chi connectivity index (χ2v) is 14.9. The molecule has 12 aromatic rings. The zero-order valence-electron chi connectivity index (χ0n) is 31.2. The summed E-state index contributed by atoms with van der Waals surface area (Å²) in [6, 6.07) is 70.4. The van der Waals surface area contributed by atoms with Crippen LogP contribution in [-0.4, -0.2) is 0 Å². The van der Waals surface area contributed by atoms with E-state index in [-0.39, 0.29) is 0 Å². The summed E-state index contributed by atoms with van der Waals surface area (Å²) < 4.78 is 18.8. The minimum atomic E-state index is 0.871. The molecule has 0 amide bonds. The molecule has 0 saturated carbocycles. The van der Waals surface area contributed by atoms with E-state index in [4.69, 9.17) is 13.3 Å². The Hall–Kier alpha value is -7.82. The Labute approximate surface area is 333 Å². The maximum atomic E-state index is 6.48. The van der Waals surface area contributed by atoms with Crippen LogP contribution >= 0.6 is 0 Å². The monoisotopic (exact) mass is 743 g/mol. The van der Waals surface area contributed by atoms with Gasteiger partial charge in [0.25, 0.3) is 0 Å². The molecule has 272 valence electrons. The SMILES string of the molecule is c1ccc(-c2cccc3c2oc2ccc(-c4ccc(N(c5ccc(-c6ccc7oc8ccccc8c7c6)cc5)c5ccc6oc7ccccc7c6c5)cc4)cc23)cc1. The van der Waals surface area contributed by atoms with Crippen LogP contribution < -0.4 is 4.90 Å². The topological polar surface area (TPSA) is 42.7 Å². The molecule has 0 radical (unpaired) electrons. The Morgan fingerprint density at radius 2 is 0.707 bits per heavy atom. The third-order valence-corrected chi connectivity index (χ3v) is 11.5. The van der Waals surface area contributed by atoms with Crippen LogP contribution in [0, 0.1) is 0 Å². The molecule has 4 nitrogen and oxygen atoms in total. The van der Waals surface area contributed by atoms with Crippen molar-refractivity contribution in [3.63, 3.8) is 0 Å². The Morgan fingerprint density at radius 3 is 1.33 bits per heavy atom. The molecule has 12 rings (SSSR count). The lowest BCUT2D eigenvalue weighted by Crippen LogP contribution is -2.09. The fraction of sp³-hybridized carbons (Fsp3) is 0. The van der Waals surface area contributed by atoms with Gasteiger partial charge in [-0.15, -0.1) is 0 Å². The van der Waals surface area contributed by atoms with Gasteiger partial charge in [0.15, 0.2) is 0 Å². The molecule has 0 unspecified atom stereocenters. The Balaban J connectivity index is 0.940. The number of anilines is 3. The third-order valence-electron chi connectivity index (χ3n) is 11.5. The van der Waals surface area contributed by atoms with E-state index in [1.54, 1.807) is 0 Å². The zero-order valence-corrected chi connectivity index (χ0v) is 31.2. The normalized spacial score (nSPS) is 11.8. The summed E-state index contributed by atoms with van der Waals surface area (Å²) in [5.74, 6) is 0. The van der Waals surface area contributed by atoms with Crippen molar-refractivity contribution >= 4 is 82.9 Å². The van der Waals surface area contributed by atoms with E-state index in [0.717, 1.165) is 116 Å². The fourth-order valence-corrected chi connectivity index (χ4v) is 8.63. The molecular formula is C54H33NO3. The largest absolute Gasteiger partial charge is 0.456 e. The lowest BCUT2D eigenvalue weighted by Gasteiger charge is -2.26. The quantitative estimate of drug-likeness (QED) is 0.170. The van der Waals surface area contributed by atoms with Crippen LogP contribution in [0.15, 0.2) is 213 Å². The van der Waals surface area contributed by atoms with E-state index in [1.807, 2.05) is 30.3 Å². The zero-order chi connectivity index (χ0) is 38.2. The number of hydrogen-bond donors (Lipinski definition) is 0. The number of benzene rings is 9. The van der Waals surface area contributed by atoms with Gasteiger partial charge in [-0.2, -0.15) is 0 Å². The highest BCUT2D eigenvalue weighted by molar-refractivity contribution is 6.11. The van der Waals surface area contributed by atoms with E-state index in [9.17, 15) is 0 Å². The first-order valence-electron chi connectivity index (χ1n) is 19.6. The molecule has 3 heterocycles. The minimum Gasteiger partial charge on any atom is -0.456 e. The van der Waals surface area contributed by atoms with Gasteiger partial charge in [0, 0.05) is 54.9 Å². The molecule has 0 aliphatic carbocycles. The van der Waals surface area contributed by atoms with Crippen molar-refractivity contribution in [1.29, 1.82) is 0 Å². The van der Waals surface area contributed by atoms with Gasteiger partial charge in [-0.25, -0.2) is 0 Å². The Morgan fingerprint density at radius 1 is 0.259 bits per heavy atom. The van der Waals surface area contributed by atoms with Gasteiger partial charge in [0.05, 0.1) is 0 Å². The van der Waals surface area contributed by atoms with E-state index >= 15 is 0 Å². The molecule has 58 heavy (non-hydrogen) atoms. The molecule has 0 saturated heterocycles. The Bertz CT molecular complexity index is 3500. The molecule has 9 aromatic carbocycles. The number of rotatable bonds is 6. The summed E-state index contributed by atoms with van der Waals surface area (Å²) in [6.07, 6.45) is 0. The predicted molar refractivity (Wildman–Crippen MR) is 239 cm³/mol. The van der Waals surface area contributed by atoms with Crippen LogP contribution in [-0.2, 0) is 0 Å². The molecule has 0 N–H and O–H groups in total. The lowest BCUT2D eigenvalue weighted by molar-refractivity contribution is 0.668. The number of nitrogens with zero attached hydrogens (tertiary/aromatic N) is 1. The van der Waals surface area contributed by atoms with Crippen molar-refractivity contribution in [2.75, 3.05) is 4.90 Å². The first-order valence-corrected chi connectivity index (χ1v) is 19.6. The maximum Gasteiger partial charge on any atom is 0.143 e. The third kappa shape index (κ3) is 5.23. The second-order valence-electron chi connectivity index (χ2n) is 14.9. The predicted octanol–water partition coefficient (Wildman–Crippen LogP) is 15.9. The molecular weight excluding hydrogens is 711 g/mol. The number of hydrogen-bond acceptors (Lipinski definition) is 4. The Kier molecular flexibility index (Phi) is 7.20. The van der Waals surface area contributed by atoms with Gasteiger partial charge in [-0.05, 0) is 107 Å². The average molecular weight is 744 g/mol. The van der Waals surface area contributed by atoms with Crippen molar-refractivity contribution in [3.05, 3.63) is 200 Å². The van der Waals surface area contributed by atoms with Crippen molar-refractivity contribution in [3.8, 4) is 33.4 Å². The van der Waals surface area contributed by atoms with Crippen molar-refractivity contribution in [2.24, 2.45) is 0 Å². The van der Waals surface area contributed by atoms with Crippen LogP contribution in [0.5, 0.6) is 0 Å². The van der Waals surface area contributed by atoms with E-state index < -0.39 is 0 Å². The summed E-state index contributed by atoms with van der Waals surface area (Å²) in [5, 5.41) is 6.66. The highest BCUT2D eigenvalue weighted by Crippen LogP contribution is 2.42. The molecule has 0 atom stereocenters. The lowest BCUT2D eigenvalue weighted by atomic mass is 10.00. The van der Waals surface area contributed by atoms with E-state index in [1.165, 1.54) is 0 Å². The summed E-state index contributed by atoms with van der Waals surface area (Å²) in [4.78, 5) is 2.32. The van der Waals surface area contributed by atoms with Gasteiger partial charge in [0.1, 0.15) is 33.5 Å². The van der Waals surface area contributed by atoms with E-state index in [0.29, 0.717) is 0 Å². The highest BCUT2D eigenvalue weighted by Gasteiger charge is 2.18. The van der Waals surface area contributed by atoms with Gasteiger partial charge in [-0.3, -0.25) is 0 Å². The summed E-state index contributed by atoms with van der Waals surface area (Å²) >= 11 is 0. The fourth-order valence-electron chi connectivity index (χ4n) is 8.63. The average Bonchev–Trinajstić information content (AvgIpc) is 3.98. The minimum absolute atomic E-state index is 0.871. The smallest absolute Gasteiger partial charge is 0.143 e.